The number of imidazole rings is 1. The van der Waals surface area contributed by atoms with E-state index in [0.29, 0.717) is 6.54 Å². The summed E-state index contributed by atoms with van der Waals surface area (Å²) in [4.78, 5) is 27.4. The Balaban J connectivity index is 1.58. The van der Waals surface area contributed by atoms with Gasteiger partial charge in [0.2, 0.25) is 5.91 Å². The number of hydrogen-bond donors (Lipinski definition) is 1. The molecule has 2 aromatic rings. The maximum absolute atomic E-state index is 12.1. The largest absolute Gasteiger partial charge is 0.350 e. The number of amides is 1. The summed E-state index contributed by atoms with van der Waals surface area (Å²) >= 11 is 0. The Hall–Kier alpha value is -2.28. The molecule has 1 aliphatic rings. The first-order chi connectivity index (χ1) is 11.0. The molecule has 0 saturated carbocycles. The predicted molar refractivity (Wildman–Crippen MR) is 85.6 cm³/mol. The van der Waals surface area contributed by atoms with E-state index in [9.17, 15) is 4.79 Å². The van der Waals surface area contributed by atoms with Gasteiger partial charge in [0.1, 0.15) is 5.82 Å². The lowest BCUT2D eigenvalue weighted by Crippen LogP contribution is -2.33. The molecule has 122 valence electrons. The van der Waals surface area contributed by atoms with E-state index < -0.39 is 0 Å². The number of likely N-dealkylation sites (N-methyl/N-ethyl adjacent to an activating group) is 1. The van der Waals surface area contributed by atoms with Crippen LogP contribution in [0.2, 0.25) is 0 Å². The molecule has 1 aliphatic heterocycles. The maximum Gasteiger partial charge on any atom is 0.226 e. The first-order valence-electron chi connectivity index (χ1n) is 7.83. The van der Waals surface area contributed by atoms with Crippen LogP contribution in [0.4, 0.5) is 0 Å². The Bertz CT molecular complexity index is 693. The minimum absolute atomic E-state index is 0.0520. The lowest BCUT2D eigenvalue weighted by molar-refractivity contribution is -0.120. The maximum atomic E-state index is 12.1. The highest BCUT2D eigenvalue weighted by atomic mass is 16.1. The van der Waals surface area contributed by atoms with Gasteiger partial charge >= 0.3 is 0 Å². The van der Waals surface area contributed by atoms with Crippen molar-refractivity contribution in [2.24, 2.45) is 0 Å². The van der Waals surface area contributed by atoms with Crippen LogP contribution >= 0.6 is 0 Å². The van der Waals surface area contributed by atoms with E-state index in [1.54, 1.807) is 12.4 Å². The highest BCUT2D eigenvalue weighted by Gasteiger charge is 2.23. The van der Waals surface area contributed by atoms with Crippen LogP contribution in [0.5, 0.6) is 0 Å². The third-order valence-electron chi connectivity index (χ3n) is 4.23. The van der Waals surface area contributed by atoms with Gasteiger partial charge in [-0.2, -0.15) is 0 Å². The van der Waals surface area contributed by atoms with Crippen LogP contribution < -0.4 is 5.32 Å². The molecule has 2 aromatic heterocycles. The lowest BCUT2D eigenvalue weighted by atomic mass is 10.2. The summed E-state index contributed by atoms with van der Waals surface area (Å²) < 4.78 is 2.15. The van der Waals surface area contributed by atoms with Crippen LogP contribution in [0.1, 0.15) is 35.9 Å². The Kier molecular flexibility index (Phi) is 4.38. The first-order valence-corrected chi connectivity index (χ1v) is 7.83. The molecular formula is C16H22N6O. The summed E-state index contributed by atoms with van der Waals surface area (Å²) in [6.07, 6.45) is 5.66. The molecular weight excluding hydrogens is 292 g/mol. The fourth-order valence-corrected chi connectivity index (χ4v) is 2.67. The Morgan fingerprint density at radius 1 is 1.30 bits per heavy atom. The number of aryl methyl sites for hydroxylation is 1. The Morgan fingerprint density at radius 2 is 2.13 bits per heavy atom. The standard InChI is InChI=1S/C16H22N6O/c1-11-7-18-14(8-17-11)9-19-15(23)6-13-10-22-5-4-21(3)12(2)16(22)20-13/h7-8,10,12H,4-6,9H2,1-3H3,(H,19,23)/t12-/m1/s1. The SMILES string of the molecule is Cc1cnc(CNC(=O)Cc2cn3c(n2)[C@@H](C)N(C)CC3)cn1. The number of nitrogens with zero attached hydrogens (tertiary/aromatic N) is 5. The second-order valence-corrected chi connectivity index (χ2v) is 6.04. The third-order valence-corrected chi connectivity index (χ3v) is 4.23. The number of carbonyl (C=O) groups excluding carboxylic acids is 1. The molecule has 1 atom stereocenters. The van der Waals surface area contributed by atoms with Crippen molar-refractivity contribution in [2.45, 2.75) is 39.4 Å². The number of rotatable bonds is 4. The molecule has 0 aliphatic carbocycles. The monoisotopic (exact) mass is 314 g/mol. The smallest absolute Gasteiger partial charge is 0.226 e. The molecule has 23 heavy (non-hydrogen) atoms. The molecule has 0 saturated heterocycles. The zero-order valence-corrected chi connectivity index (χ0v) is 13.8. The molecule has 0 fully saturated rings. The number of fused-ring (bicyclic) bond motifs is 1. The molecule has 7 heteroatoms. The summed E-state index contributed by atoms with van der Waals surface area (Å²) in [5, 5.41) is 2.87. The number of carbonyl (C=O) groups is 1. The Labute approximate surface area is 135 Å². The van der Waals surface area contributed by atoms with Gasteiger partial charge in [-0.05, 0) is 20.9 Å². The first kappa shape index (κ1) is 15.6. The van der Waals surface area contributed by atoms with Crippen LogP contribution in [0.3, 0.4) is 0 Å². The highest BCUT2D eigenvalue weighted by molar-refractivity contribution is 5.78. The predicted octanol–water partition coefficient (Wildman–Crippen LogP) is 0.847. The molecule has 3 rings (SSSR count). The van der Waals surface area contributed by atoms with Gasteiger partial charge < -0.3 is 9.88 Å². The average molecular weight is 314 g/mol. The van der Waals surface area contributed by atoms with Gasteiger partial charge in [-0.1, -0.05) is 0 Å². The quantitative estimate of drug-likeness (QED) is 0.905. The van der Waals surface area contributed by atoms with Gasteiger partial charge in [-0.3, -0.25) is 19.7 Å². The van der Waals surface area contributed by atoms with E-state index in [4.69, 9.17) is 0 Å². The summed E-state index contributed by atoms with van der Waals surface area (Å²) in [5.74, 6) is 0.981. The molecule has 7 nitrogen and oxygen atoms in total. The van der Waals surface area contributed by atoms with Crippen molar-refractivity contribution in [3.63, 3.8) is 0 Å². The lowest BCUT2D eigenvalue weighted by Gasteiger charge is -2.30. The van der Waals surface area contributed by atoms with Crippen molar-refractivity contribution >= 4 is 5.91 Å². The summed E-state index contributed by atoms with van der Waals surface area (Å²) in [6.45, 7) is 6.33. The van der Waals surface area contributed by atoms with Gasteiger partial charge in [0.25, 0.3) is 0 Å². The van der Waals surface area contributed by atoms with Crippen molar-refractivity contribution < 1.29 is 4.79 Å². The van der Waals surface area contributed by atoms with Crippen molar-refractivity contribution in [3.05, 3.63) is 41.5 Å². The fraction of sp³-hybridized carbons (Fsp3) is 0.500. The zero-order valence-electron chi connectivity index (χ0n) is 13.8. The number of hydrogen-bond acceptors (Lipinski definition) is 5. The molecule has 1 N–H and O–H groups in total. The summed E-state index contributed by atoms with van der Waals surface area (Å²) in [7, 11) is 2.10. The molecule has 3 heterocycles. The van der Waals surface area contributed by atoms with Crippen LogP contribution in [0, 0.1) is 6.92 Å². The van der Waals surface area contributed by atoms with E-state index in [2.05, 4.69) is 43.7 Å². The van der Waals surface area contributed by atoms with Crippen LogP contribution in [0.15, 0.2) is 18.6 Å². The van der Waals surface area contributed by atoms with E-state index >= 15 is 0 Å². The molecule has 0 bridgehead atoms. The third kappa shape index (κ3) is 3.56. The van der Waals surface area contributed by atoms with E-state index in [0.717, 1.165) is 36.0 Å². The molecule has 1 amide bonds. The van der Waals surface area contributed by atoms with Gasteiger partial charge in [-0.25, -0.2) is 4.98 Å². The van der Waals surface area contributed by atoms with Gasteiger partial charge in [0, 0.05) is 25.5 Å². The van der Waals surface area contributed by atoms with Gasteiger partial charge in [-0.15, -0.1) is 0 Å². The zero-order chi connectivity index (χ0) is 16.4. The topological polar surface area (TPSA) is 75.9 Å². The minimum Gasteiger partial charge on any atom is -0.350 e. The molecule has 0 unspecified atom stereocenters. The second kappa shape index (κ2) is 6.45. The van der Waals surface area contributed by atoms with Crippen LogP contribution in [-0.4, -0.2) is 43.9 Å². The second-order valence-electron chi connectivity index (χ2n) is 6.04. The van der Waals surface area contributed by atoms with E-state index in [1.165, 1.54) is 0 Å². The van der Waals surface area contributed by atoms with Crippen molar-refractivity contribution in [3.8, 4) is 0 Å². The number of nitrogens with one attached hydrogen (secondary N) is 1. The van der Waals surface area contributed by atoms with E-state index in [1.807, 2.05) is 13.1 Å². The summed E-state index contributed by atoms with van der Waals surface area (Å²) in [6, 6.07) is 0.281. The van der Waals surface area contributed by atoms with Gasteiger partial charge in [0.15, 0.2) is 0 Å². The van der Waals surface area contributed by atoms with E-state index in [-0.39, 0.29) is 18.4 Å². The molecule has 0 radical (unpaired) electrons. The average Bonchev–Trinajstić information content (AvgIpc) is 2.94. The van der Waals surface area contributed by atoms with Crippen molar-refractivity contribution in [1.82, 2.24) is 29.7 Å². The van der Waals surface area contributed by atoms with Crippen molar-refractivity contribution in [2.75, 3.05) is 13.6 Å². The minimum atomic E-state index is -0.0520. The van der Waals surface area contributed by atoms with Gasteiger partial charge in [0.05, 0.1) is 42.3 Å². The fourth-order valence-electron chi connectivity index (χ4n) is 2.67. The Morgan fingerprint density at radius 3 is 2.87 bits per heavy atom. The van der Waals surface area contributed by atoms with Crippen LogP contribution in [-0.2, 0) is 24.3 Å². The van der Waals surface area contributed by atoms with Crippen LogP contribution in [0.25, 0.3) is 0 Å². The number of aromatic nitrogens is 4. The highest BCUT2D eigenvalue weighted by Crippen LogP contribution is 2.22. The molecule has 0 spiro atoms. The summed E-state index contributed by atoms with van der Waals surface area (Å²) in [5.41, 5.74) is 2.43. The van der Waals surface area contributed by atoms with Crippen molar-refractivity contribution in [1.29, 1.82) is 0 Å². The normalized spacial score (nSPS) is 17.8. The molecule has 0 aromatic carbocycles.